The van der Waals surface area contributed by atoms with Crippen LogP contribution in [0.2, 0.25) is 0 Å². The molecule has 0 unspecified atom stereocenters. The summed E-state index contributed by atoms with van der Waals surface area (Å²) in [6.07, 6.45) is 1.03. The highest BCUT2D eigenvalue weighted by atomic mass is 32.2. The Balaban J connectivity index is 2.26. The minimum atomic E-state index is -3.75. The largest absolute Gasteiger partial charge is 0.494 e. The van der Waals surface area contributed by atoms with Gasteiger partial charge in [0, 0.05) is 5.69 Å². The van der Waals surface area contributed by atoms with Gasteiger partial charge in [0.2, 0.25) is 15.9 Å². The number of benzene rings is 2. The molecule has 1 amide bonds. The van der Waals surface area contributed by atoms with E-state index in [0.717, 1.165) is 10.6 Å². The van der Waals surface area contributed by atoms with Crippen LogP contribution in [0.3, 0.4) is 0 Å². The number of rotatable bonds is 8. The lowest BCUT2D eigenvalue weighted by atomic mass is 10.2. The van der Waals surface area contributed by atoms with Crippen LogP contribution in [0.5, 0.6) is 5.75 Å². The zero-order valence-electron chi connectivity index (χ0n) is 16.7. The van der Waals surface area contributed by atoms with Crippen molar-refractivity contribution in [3.05, 3.63) is 54.1 Å². The Labute approximate surface area is 170 Å². The molecule has 8 nitrogen and oxygen atoms in total. The van der Waals surface area contributed by atoms with Crippen molar-refractivity contribution in [3.63, 3.8) is 0 Å². The van der Waals surface area contributed by atoms with Gasteiger partial charge in [-0.3, -0.25) is 9.10 Å². The summed E-state index contributed by atoms with van der Waals surface area (Å²) >= 11 is 0. The Hall–Kier alpha value is -3.07. The van der Waals surface area contributed by atoms with Gasteiger partial charge in [-0.05, 0) is 56.3 Å². The van der Waals surface area contributed by atoms with E-state index in [2.05, 4.69) is 10.1 Å². The number of amides is 1. The second kappa shape index (κ2) is 9.42. The third kappa shape index (κ3) is 5.71. The highest BCUT2D eigenvalue weighted by Crippen LogP contribution is 2.24. The average Bonchev–Trinajstić information content (AvgIpc) is 2.68. The summed E-state index contributed by atoms with van der Waals surface area (Å²) in [5.74, 6) is -0.492. The van der Waals surface area contributed by atoms with Crippen LogP contribution in [-0.2, 0) is 19.6 Å². The molecular weight excluding hydrogens is 396 g/mol. The maximum Gasteiger partial charge on any atom is 0.337 e. The maximum atomic E-state index is 12.7. The molecule has 0 radical (unpaired) electrons. The van der Waals surface area contributed by atoms with E-state index >= 15 is 0 Å². The molecule has 0 saturated carbocycles. The van der Waals surface area contributed by atoms with Crippen LogP contribution in [0.15, 0.2) is 48.5 Å². The predicted molar refractivity (Wildman–Crippen MR) is 111 cm³/mol. The van der Waals surface area contributed by atoms with E-state index < -0.39 is 27.9 Å². The highest BCUT2D eigenvalue weighted by Gasteiger charge is 2.29. The fourth-order valence-electron chi connectivity index (χ4n) is 2.75. The third-order valence-electron chi connectivity index (χ3n) is 4.04. The van der Waals surface area contributed by atoms with Crippen LogP contribution >= 0.6 is 0 Å². The number of ether oxygens (including phenoxy) is 2. The summed E-state index contributed by atoms with van der Waals surface area (Å²) in [5.41, 5.74) is 0.955. The van der Waals surface area contributed by atoms with Gasteiger partial charge in [0.1, 0.15) is 11.8 Å². The third-order valence-corrected chi connectivity index (χ3v) is 5.28. The Bertz CT molecular complexity index is 973. The number of nitrogens with zero attached hydrogens (tertiary/aromatic N) is 1. The molecular formula is C20H24N2O6S. The first kappa shape index (κ1) is 22.2. The van der Waals surface area contributed by atoms with E-state index in [9.17, 15) is 18.0 Å². The van der Waals surface area contributed by atoms with Gasteiger partial charge in [0.25, 0.3) is 0 Å². The fraction of sp³-hybridized carbons (Fsp3) is 0.300. The van der Waals surface area contributed by atoms with Crippen molar-refractivity contribution < 1.29 is 27.5 Å². The molecule has 29 heavy (non-hydrogen) atoms. The van der Waals surface area contributed by atoms with Crippen molar-refractivity contribution >= 4 is 33.3 Å². The van der Waals surface area contributed by atoms with Gasteiger partial charge in [0.05, 0.1) is 31.2 Å². The van der Waals surface area contributed by atoms with E-state index in [1.165, 1.54) is 20.1 Å². The van der Waals surface area contributed by atoms with Crippen molar-refractivity contribution in [3.8, 4) is 5.75 Å². The first-order valence-electron chi connectivity index (χ1n) is 8.89. The quantitative estimate of drug-likeness (QED) is 0.659. The zero-order valence-corrected chi connectivity index (χ0v) is 17.5. The van der Waals surface area contributed by atoms with Crippen LogP contribution in [-0.4, -0.2) is 46.3 Å². The molecule has 0 heterocycles. The summed E-state index contributed by atoms with van der Waals surface area (Å²) in [6, 6.07) is 11.6. The van der Waals surface area contributed by atoms with Gasteiger partial charge < -0.3 is 14.8 Å². The molecule has 0 bridgehead atoms. The molecule has 0 spiro atoms. The number of carbonyl (C=O) groups excluding carboxylic acids is 2. The molecule has 2 aromatic carbocycles. The predicted octanol–water partition coefficient (Wildman–Crippen LogP) is 2.67. The van der Waals surface area contributed by atoms with Gasteiger partial charge in [-0.15, -0.1) is 0 Å². The Morgan fingerprint density at radius 1 is 1.14 bits per heavy atom. The molecule has 2 aromatic rings. The zero-order chi connectivity index (χ0) is 21.6. The summed E-state index contributed by atoms with van der Waals surface area (Å²) in [7, 11) is -2.49. The molecule has 1 N–H and O–H groups in total. The molecule has 9 heteroatoms. The molecule has 2 rings (SSSR count). The summed E-state index contributed by atoms with van der Waals surface area (Å²) in [4.78, 5) is 24.4. The van der Waals surface area contributed by atoms with Crippen LogP contribution in [0.1, 0.15) is 24.2 Å². The Kier molecular flexibility index (Phi) is 7.22. The van der Waals surface area contributed by atoms with Gasteiger partial charge in [-0.2, -0.15) is 0 Å². The van der Waals surface area contributed by atoms with Crippen molar-refractivity contribution in [1.82, 2.24) is 0 Å². The monoisotopic (exact) mass is 420 g/mol. The molecule has 0 aliphatic heterocycles. The van der Waals surface area contributed by atoms with Crippen molar-refractivity contribution in [2.45, 2.75) is 19.9 Å². The lowest BCUT2D eigenvalue weighted by molar-refractivity contribution is -0.116. The topological polar surface area (TPSA) is 102 Å². The van der Waals surface area contributed by atoms with E-state index in [1.807, 2.05) is 6.92 Å². The molecule has 156 valence electrons. The van der Waals surface area contributed by atoms with Gasteiger partial charge in [-0.1, -0.05) is 6.07 Å². The average molecular weight is 420 g/mol. The lowest BCUT2D eigenvalue weighted by Crippen LogP contribution is -2.45. The molecule has 0 aliphatic rings. The van der Waals surface area contributed by atoms with E-state index in [-0.39, 0.29) is 5.56 Å². The maximum absolute atomic E-state index is 12.7. The normalized spacial score (nSPS) is 12.0. The first-order chi connectivity index (χ1) is 13.7. The summed E-state index contributed by atoms with van der Waals surface area (Å²) in [6.45, 7) is 3.81. The number of hydrogen-bond acceptors (Lipinski definition) is 6. The van der Waals surface area contributed by atoms with Crippen molar-refractivity contribution in [2.24, 2.45) is 0 Å². The van der Waals surface area contributed by atoms with E-state index in [4.69, 9.17) is 4.74 Å². The molecule has 0 saturated heterocycles. The van der Waals surface area contributed by atoms with Crippen LogP contribution < -0.4 is 14.4 Å². The molecule has 0 aromatic heterocycles. The minimum Gasteiger partial charge on any atom is -0.494 e. The molecule has 1 atom stereocenters. The van der Waals surface area contributed by atoms with Crippen LogP contribution in [0, 0.1) is 0 Å². The second-order valence-electron chi connectivity index (χ2n) is 6.22. The molecule has 0 fully saturated rings. The first-order valence-corrected chi connectivity index (χ1v) is 10.7. The van der Waals surface area contributed by atoms with E-state index in [1.54, 1.807) is 42.5 Å². The van der Waals surface area contributed by atoms with Gasteiger partial charge in [0.15, 0.2) is 0 Å². The number of nitrogens with one attached hydrogen (secondary N) is 1. The SMILES string of the molecule is CCOc1ccc(N([C@@H](C)C(=O)Nc2cccc(C(=O)OC)c2)S(C)(=O)=O)cc1. The highest BCUT2D eigenvalue weighted by molar-refractivity contribution is 7.92. The van der Waals surface area contributed by atoms with E-state index in [0.29, 0.717) is 23.7 Å². The fourth-order valence-corrected chi connectivity index (χ4v) is 3.93. The number of hydrogen-bond donors (Lipinski definition) is 1. The van der Waals surface area contributed by atoms with Gasteiger partial charge in [-0.25, -0.2) is 13.2 Å². The number of sulfonamides is 1. The van der Waals surface area contributed by atoms with Crippen molar-refractivity contribution in [1.29, 1.82) is 0 Å². The number of anilines is 2. The van der Waals surface area contributed by atoms with Gasteiger partial charge >= 0.3 is 5.97 Å². The second-order valence-corrected chi connectivity index (χ2v) is 8.08. The lowest BCUT2D eigenvalue weighted by Gasteiger charge is -2.28. The van der Waals surface area contributed by atoms with Crippen molar-refractivity contribution in [2.75, 3.05) is 29.6 Å². The summed E-state index contributed by atoms with van der Waals surface area (Å²) in [5, 5.41) is 2.64. The smallest absolute Gasteiger partial charge is 0.337 e. The number of esters is 1. The Morgan fingerprint density at radius 3 is 2.34 bits per heavy atom. The number of carbonyl (C=O) groups is 2. The summed E-state index contributed by atoms with van der Waals surface area (Å²) < 4.78 is 35.8. The molecule has 0 aliphatic carbocycles. The number of methoxy groups -OCH3 is 1. The minimum absolute atomic E-state index is 0.268. The van der Waals surface area contributed by atoms with Crippen LogP contribution in [0.25, 0.3) is 0 Å². The standard InChI is InChI=1S/C20H24N2O6S/c1-5-28-18-11-9-17(10-12-18)22(29(4,25)26)14(2)19(23)21-16-8-6-7-15(13-16)20(24)27-3/h6-14H,5H2,1-4H3,(H,21,23)/t14-/m0/s1. The van der Waals surface area contributed by atoms with Crippen LogP contribution in [0.4, 0.5) is 11.4 Å². The Morgan fingerprint density at radius 2 is 1.79 bits per heavy atom.